The van der Waals surface area contributed by atoms with Crippen LogP contribution in [0.1, 0.15) is 5.69 Å². The topological polar surface area (TPSA) is 96.9 Å². The second-order valence-corrected chi connectivity index (χ2v) is 9.84. The predicted molar refractivity (Wildman–Crippen MR) is 127 cm³/mol. The van der Waals surface area contributed by atoms with Crippen molar-refractivity contribution in [3.8, 4) is 11.5 Å². The minimum Gasteiger partial charge on any atom is -0.497 e. The largest absolute Gasteiger partial charge is 0.573 e. The first-order valence-electron chi connectivity index (χ1n) is 10.9. The Labute approximate surface area is 206 Å². The van der Waals surface area contributed by atoms with Crippen LogP contribution in [0.15, 0.2) is 59.5 Å². The van der Waals surface area contributed by atoms with Crippen molar-refractivity contribution in [2.24, 2.45) is 0 Å². The highest BCUT2D eigenvalue weighted by molar-refractivity contribution is 7.89. The van der Waals surface area contributed by atoms with Crippen LogP contribution in [0.5, 0.6) is 11.5 Å². The second kappa shape index (κ2) is 10.2. The van der Waals surface area contributed by atoms with E-state index in [9.17, 15) is 21.6 Å². The van der Waals surface area contributed by atoms with Gasteiger partial charge in [-0.15, -0.1) is 13.2 Å². The van der Waals surface area contributed by atoms with Gasteiger partial charge >= 0.3 is 6.36 Å². The number of hydrogen-bond acceptors (Lipinski definition) is 8. The van der Waals surface area contributed by atoms with Crippen molar-refractivity contribution in [1.29, 1.82) is 0 Å². The Bertz CT molecular complexity index is 1310. The number of benzene rings is 2. The summed E-state index contributed by atoms with van der Waals surface area (Å²) in [5, 5.41) is 3.21. The lowest BCUT2D eigenvalue weighted by Crippen LogP contribution is -2.49. The number of nitrogens with one attached hydrogen (secondary N) is 1. The number of sulfonamides is 1. The van der Waals surface area contributed by atoms with Crippen molar-refractivity contribution in [2.45, 2.75) is 18.2 Å². The standard InChI is InChI=1S/C23H24F3N5O4S/c1-16-15-21(28-17-7-9-18(34-2)10-8-17)29-22(27-16)30-11-13-31(14-12-30)36(32,33)20-6-4-3-5-19(20)35-23(24,25)26/h3-10,15H,11-14H2,1-2H3,(H,27,28,29). The highest BCUT2D eigenvalue weighted by Gasteiger charge is 2.36. The summed E-state index contributed by atoms with van der Waals surface area (Å²) in [6.45, 7) is 2.42. The molecule has 9 nitrogen and oxygen atoms in total. The van der Waals surface area contributed by atoms with Crippen LogP contribution in [0.25, 0.3) is 0 Å². The number of aromatic nitrogens is 2. The van der Waals surface area contributed by atoms with Crippen LogP contribution in [0, 0.1) is 6.92 Å². The fourth-order valence-corrected chi connectivity index (χ4v) is 5.26. The van der Waals surface area contributed by atoms with Crippen molar-refractivity contribution >= 4 is 27.5 Å². The quantitative estimate of drug-likeness (QED) is 0.498. The number of nitrogens with zero attached hydrogens (tertiary/aromatic N) is 4. The molecule has 0 amide bonds. The third kappa shape index (κ3) is 5.97. The van der Waals surface area contributed by atoms with E-state index in [4.69, 9.17) is 4.74 Å². The van der Waals surface area contributed by atoms with E-state index in [2.05, 4.69) is 20.0 Å². The summed E-state index contributed by atoms with van der Waals surface area (Å²) in [7, 11) is -2.63. The molecule has 1 aromatic heterocycles. The number of rotatable bonds is 7. The lowest BCUT2D eigenvalue weighted by Gasteiger charge is -2.34. The first kappa shape index (κ1) is 25.5. The Morgan fingerprint density at radius 2 is 1.64 bits per heavy atom. The van der Waals surface area contributed by atoms with E-state index < -0.39 is 27.0 Å². The first-order valence-corrected chi connectivity index (χ1v) is 12.4. The van der Waals surface area contributed by atoms with Crippen molar-refractivity contribution in [3.63, 3.8) is 0 Å². The van der Waals surface area contributed by atoms with E-state index >= 15 is 0 Å². The zero-order valence-electron chi connectivity index (χ0n) is 19.5. The van der Waals surface area contributed by atoms with Gasteiger partial charge in [-0.25, -0.2) is 13.4 Å². The molecule has 13 heteroatoms. The maximum absolute atomic E-state index is 13.1. The van der Waals surface area contributed by atoms with Gasteiger partial charge in [0.15, 0.2) is 0 Å². The van der Waals surface area contributed by atoms with Crippen LogP contribution in [0.2, 0.25) is 0 Å². The van der Waals surface area contributed by atoms with Gasteiger partial charge in [-0.3, -0.25) is 0 Å². The summed E-state index contributed by atoms with van der Waals surface area (Å²) in [4.78, 5) is 10.3. The number of anilines is 3. The van der Waals surface area contributed by atoms with Crippen LogP contribution in [-0.4, -0.2) is 62.3 Å². The molecule has 1 fully saturated rings. The number of alkyl halides is 3. The van der Waals surface area contributed by atoms with Crippen LogP contribution in [0.4, 0.5) is 30.6 Å². The molecular weight excluding hydrogens is 499 g/mol. The normalized spacial score (nSPS) is 15.0. The molecule has 0 radical (unpaired) electrons. The van der Waals surface area contributed by atoms with Crippen LogP contribution < -0.4 is 19.7 Å². The minimum atomic E-state index is -5.01. The summed E-state index contributed by atoms with van der Waals surface area (Å²) in [5.74, 6) is 0.948. The van der Waals surface area contributed by atoms with E-state index in [0.29, 0.717) is 17.5 Å². The van der Waals surface area contributed by atoms with Gasteiger partial charge in [-0.1, -0.05) is 12.1 Å². The molecule has 1 aliphatic rings. The molecule has 0 saturated carbocycles. The van der Waals surface area contributed by atoms with Gasteiger partial charge in [-0.2, -0.15) is 9.29 Å². The monoisotopic (exact) mass is 523 g/mol. The predicted octanol–water partition coefficient (Wildman–Crippen LogP) is 3.95. The number of aryl methyl sites for hydroxylation is 1. The summed E-state index contributed by atoms with van der Waals surface area (Å²) in [6.07, 6.45) is -5.01. The van der Waals surface area contributed by atoms with Gasteiger partial charge in [0.2, 0.25) is 16.0 Å². The number of halogens is 3. The maximum atomic E-state index is 13.1. The van der Waals surface area contributed by atoms with Crippen LogP contribution in [-0.2, 0) is 10.0 Å². The number of ether oxygens (including phenoxy) is 2. The van der Waals surface area contributed by atoms with Crippen molar-refractivity contribution < 1.29 is 31.1 Å². The zero-order valence-corrected chi connectivity index (χ0v) is 20.3. The minimum absolute atomic E-state index is 0.0429. The van der Waals surface area contributed by atoms with Gasteiger partial charge in [-0.05, 0) is 43.3 Å². The smallest absolute Gasteiger partial charge is 0.497 e. The van der Waals surface area contributed by atoms with Gasteiger partial charge in [0.25, 0.3) is 0 Å². The molecule has 0 atom stereocenters. The van der Waals surface area contributed by atoms with E-state index in [1.54, 1.807) is 13.2 Å². The van der Waals surface area contributed by atoms with Gasteiger partial charge in [0, 0.05) is 43.6 Å². The van der Waals surface area contributed by atoms with Gasteiger partial charge in [0.1, 0.15) is 22.2 Å². The van der Waals surface area contributed by atoms with E-state index in [0.717, 1.165) is 27.9 Å². The molecule has 0 unspecified atom stereocenters. The lowest BCUT2D eigenvalue weighted by molar-refractivity contribution is -0.275. The molecule has 192 valence electrons. The summed E-state index contributed by atoms with van der Waals surface area (Å²) in [6, 6.07) is 13.8. The number of hydrogen-bond donors (Lipinski definition) is 1. The van der Waals surface area contributed by atoms with Gasteiger partial charge < -0.3 is 19.7 Å². The fourth-order valence-electron chi connectivity index (χ4n) is 3.72. The fraction of sp³-hybridized carbons (Fsp3) is 0.304. The molecule has 2 heterocycles. The third-order valence-corrected chi connectivity index (χ3v) is 7.36. The summed E-state index contributed by atoms with van der Waals surface area (Å²) >= 11 is 0. The van der Waals surface area contributed by atoms with Crippen molar-refractivity contribution in [3.05, 3.63) is 60.3 Å². The highest BCUT2D eigenvalue weighted by Crippen LogP contribution is 2.32. The Morgan fingerprint density at radius 3 is 2.28 bits per heavy atom. The molecular formula is C23H24F3N5O4S. The van der Waals surface area contributed by atoms with E-state index in [1.165, 1.54) is 12.1 Å². The van der Waals surface area contributed by atoms with Crippen LogP contribution in [0.3, 0.4) is 0 Å². The average Bonchev–Trinajstić information content (AvgIpc) is 2.83. The van der Waals surface area contributed by atoms with Crippen molar-refractivity contribution in [2.75, 3.05) is 43.5 Å². The molecule has 4 rings (SSSR count). The summed E-state index contributed by atoms with van der Waals surface area (Å²) < 4.78 is 74.7. The Balaban J connectivity index is 1.47. The SMILES string of the molecule is COc1ccc(Nc2cc(C)nc(N3CCN(S(=O)(=O)c4ccccc4OC(F)(F)F)CC3)n2)cc1. The highest BCUT2D eigenvalue weighted by atomic mass is 32.2. The molecule has 1 saturated heterocycles. The first-order chi connectivity index (χ1) is 17.0. The number of para-hydroxylation sites is 1. The molecule has 36 heavy (non-hydrogen) atoms. The van der Waals surface area contributed by atoms with E-state index in [-0.39, 0.29) is 26.2 Å². The summed E-state index contributed by atoms with van der Waals surface area (Å²) in [5.41, 5.74) is 1.51. The van der Waals surface area contributed by atoms with Crippen molar-refractivity contribution in [1.82, 2.24) is 14.3 Å². The molecule has 0 aliphatic carbocycles. The Hall–Kier alpha value is -3.58. The number of methoxy groups -OCH3 is 1. The average molecular weight is 524 g/mol. The van der Waals surface area contributed by atoms with E-state index in [1.807, 2.05) is 36.1 Å². The number of piperazine rings is 1. The van der Waals surface area contributed by atoms with Gasteiger partial charge in [0.05, 0.1) is 7.11 Å². The Kier molecular flexibility index (Phi) is 7.22. The Morgan fingerprint density at radius 1 is 0.972 bits per heavy atom. The second-order valence-electron chi connectivity index (χ2n) is 7.93. The molecule has 0 bridgehead atoms. The molecule has 0 spiro atoms. The molecule has 2 aromatic carbocycles. The van der Waals surface area contributed by atoms with Crippen LogP contribution >= 0.6 is 0 Å². The third-order valence-electron chi connectivity index (χ3n) is 5.42. The molecule has 3 aromatic rings. The molecule has 1 N–H and O–H groups in total. The maximum Gasteiger partial charge on any atom is 0.573 e. The zero-order chi connectivity index (χ0) is 25.9. The molecule has 1 aliphatic heterocycles. The lowest BCUT2D eigenvalue weighted by atomic mass is 10.3.